The molecule has 1 fully saturated rings. The van der Waals surface area contributed by atoms with Crippen LogP contribution in [0, 0.1) is 6.92 Å². The molecule has 1 aromatic carbocycles. The van der Waals surface area contributed by atoms with E-state index in [0.29, 0.717) is 10.7 Å². The van der Waals surface area contributed by atoms with Crippen LogP contribution in [-0.2, 0) is 9.59 Å². The van der Waals surface area contributed by atoms with Crippen molar-refractivity contribution >= 4 is 29.1 Å². The van der Waals surface area contributed by atoms with Gasteiger partial charge in [-0.1, -0.05) is 36.9 Å². The number of rotatable bonds is 2. The molecule has 0 atom stereocenters. The molecule has 1 aromatic rings. The molecule has 2 rings (SSSR count). The van der Waals surface area contributed by atoms with Crippen LogP contribution in [-0.4, -0.2) is 29.8 Å². The number of hydrogen-bond acceptors (Lipinski definition) is 2. The van der Waals surface area contributed by atoms with Crippen molar-refractivity contribution in [3.8, 4) is 0 Å². The zero-order chi connectivity index (χ0) is 15.4. The molecular weight excluding hydrogens is 288 g/mol. The van der Waals surface area contributed by atoms with Crippen LogP contribution in [0.25, 0.3) is 0 Å². The number of anilines is 1. The molecule has 0 spiro atoms. The van der Waals surface area contributed by atoms with Gasteiger partial charge in [0.2, 0.25) is 0 Å². The number of benzene rings is 1. The fraction of sp³-hybridized carbons (Fsp3) is 0.500. The van der Waals surface area contributed by atoms with Crippen molar-refractivity contribution in [3.05, 3.63) is 28.8 Å². The van der Waals surface area contributed by atoms with Crippen molar-refractivity contribution in [1.82, 2.24) is 4.90 Å². The Kier molecular flexibility index (Phi) is 5.23. The molecule has 0 aliphatic heterocycles. The zero-order valence-electron chi connectivity index (χ0n) is 12.5. The molecule has 1 aliphatic rings. The van der Waals surface area contributed by atoms with E-state index in [4.69, 9.17) is 11.6 Å². The molecule has 0 saturated heterocycles. The summed E-state index contributed by atoms with van der Waals surface area (Å²) < 4.78 is 0. The minimum atomic E-state index is -0.608. The fourth-order valence-corrected chi connectivity index (χ4v) is 2.83. The monoisotopic (exact) mass is 308 g/mol. The summed E-state index contributed by atoms with van der Waals surface area (Å²) in [4.78, 5) is 25.8. The lowest BCUT2D eigenvalue weighted by Gasteiger charge is -2.30. The Labute approximate surface area is 130 Å². The predicted molar refractivity (Wildman–Crippen MR) is 84.5 cm³/mol. The minimum Gasteiger partial charge on any atom is -0.335 e. The van der Waals surface area contributed by atoms with E-state index in [1.807, 2.05) is 13.0 Å². The minimum absolute atomic E-state index is 0.179. The lowest BCUT2D eigenvalue weighted by molar-refractivity contribution is -0.144. The zero-order valence-corrected chi connectivity index (χ0v) is 13.2. The van der Waals surface area contributed by atoms with E-state index < -0.39 is 11.8 Å². The summed E-state index contributed by atoms with van der Waals surface area (Å²) in [6.45, 7) is 1.88. The molecule has 114 valence electrons. The number of carbonyl (C=O) groups is 2. The molecule has 0 bridgehead atoms. The maximum Gasteiger partial charge on any atom is 0.313 e. The van der Waals surface area contributed by atoms with Gasteiger partial charge in [0.25, 0.3) is 0 Å². The number of carbonyl (C=O) groups excluding carboxylic acids is 2. The summed E-state index contributed by atoms with van der Waals surface area (Å²) in [5.41, 5.74) is 1.47. The highest BCUT2D eigenvalue weighted by Crippen LogP contribution is 2.22. The first kappa shape index (κ1) is 15.8. The highest BCUT2D eigenvalue weighted by atomic mass is 35.5. The Hall–Kier alpha value is -1.55. The first-order valence-corrected chi connectivity index (χ1v) is 7.71. The summed E-state index contributed by atoms with van der Waals surface area (Å²) >= 11 is 6.01. The van der Waals surface area contributed by atoms with E-state index in [9.17, 15) is 9.59 Å². The van der Waals surface area contributed by atoms with Crippen molar-refractivity contribution in [1.29, 1.82) is 0 Å². The van der Waals surface area contributed by atoms with Gasteiger partial charge in [0.1, 0.15) is 0 Å². The third-order valence-electron chi connectivity index (χ3n) is 4.07. The predicted octanol–water partition coefficient (Wildman–Crippen LogP) is 3.38. The van der Waals surface area contributed by atoms with Gasteiger partial charge in [0, 0.05) is 23.8 Å². The van der Waals surface area contributed by atoms with Crippen LogP contribution in [0.2, 0.25) is 5.02 Å². The Morgan fingerprint density at radius 2 is 1.90 bits per heavy atom. The second kappa shape index (κ2) is 6.94. The first-order chi connectivity index (χ1) is 9.99. The average molecular weight is 309 g/mol. The summed E-state index contributed by atoms with van der Waals surface area (Å²) in [7, 11) is 1.71. The quantitative estimate of drug-likeness (QED) is 0.852. The third-order valence-corrected chi connectivity index (χ3v) is 4.47. The molecular formula is C16H21ClN2O2. The lowest BCUT2D eigenvalue weighted by Crippen LogP contribution is -2.44. The largest absolute Gasteiger partial charge is 0.335 e. The van der Waals surface area contributed by atoms with Gasteiger partial charge in [0.15, 0.2) is 0 Å². The Balaban J connectivity index is 1.98. The lowest BCUT2D eigenvalue weighted by atomic mass is 9.94. The van der Waals surface area contributed by atoms with Gasteiger partial charge in [-0.05, 0) is 37.5 Å². The summed E-state index contributed by atoms with van der Waals surface area (Å²) in [5, 5.41) is 3.19. The van der Waals surface area contributed by atoms with Crippen LogP contribution < -0.4 is 5.32 Å². The highest BCUT2D eigenvalue weighted by Gasteiger charge is 2.26. The second-order valence-electron chi connectivity index (χ2n) is 5.63. The molecule has 2 amide bonds. The molecule has 0 aromatic heterocycles. The van der Waals surface area contributed by atoms with E-state index in [-0.39, 0.29) is 6.04 Å². The smallest absolute Gasteiger partial charge is 0.313 e. The first-order valence-electron chi connectivity index (χ1n) is 7.33. The van der Waals surface area contributed by atoms with Gasteiger partial charge in [-0.25, -0.2) is 0 Å². The Morgan fingerprint density at radius 1 is 1.24 bits per heavy atom. The van der Waals surface area contributed by atoms with E-state index >= 15 is 0 Å². The summed E-state index contributed by atoms with van der Waals surface area (Å²) in [5.74, 6) is -1.10. The number of likely N-dealkylation sites (N-methyl/N-ethyl adjacent to an activating group) is 1. The van der Waals surface area contributed by atoms with Crippen LogP contribution in [0.3, 0.4) is 0 Å². The van der Waals surface area contributed by atoms with Crippen molar-refractivity contribution < 1.29 is 9.59 Å². The van der Waals surface area contributed by atoms with Gasteiger partial charge in [0.05, 0.1) is 0 Å². The van der Waals surface area contributed by atoms with Crippen LogP contribution in [0.4, 0.5) is 5.69 Å². The summed E-state index contributed by atoms with van der Waals surface area (Å²) in [6, 6.07) is 5.39. The molecule has 5 heteroatoms. The van der Waals surface area contributed by atoms with Gasteiger partial charge in [-0.3, -0.25) is 9.59 Å². The number of halogens is 1. The van der Waals surface area contributed by atoms with Crippen LogP contribution in [0.1, 0.15) is 37.7 Å². The van der Waals surface area contributed by atoms with E-state index in [1.165, 1.54) is 6.42 Å². The van der Waals surface area contributed by atoms with Crippen molar-refractivity contribution in [3.63, 3.8) is 0 Å². The number of amides is 2. The molecule has 0 unspecified atom stereocenters. The standard InChI is InChI=1S/C16H21ClN2O2/c1-11-8-9-12(10-14(11)17)18-15(20)16(21)19(2)13-6-4-3-5-7-13/h8-10,13H,3-7H2,1-2H3,(H,18,20). The molecule has 4 nitrogen and oxygen atoms in total. The van der Waals surface area contributed by atoms with Crippen LogP contribution in [0.5, 0.6) is 0 Å². The fourth-order valence-electron chi connectivity index (χ4n) is 2.65. The Morgan fingerprint density at radius 3 is 2.52 bits per heavy atom. The maximum absolute atomic E-state index is 12.2. The number of nitrogens with zero attached hydrogens (tertiary/aromatic N) is 1. The van der Waals surface area contributed by atoms with Gasteiger partial charge >= 0.3 is 11.8 Å². The van der Waals surface area contributed by atoms with Crippen LogP contribution >= 0.6 is 11.6 Å². The second-order valence-corrected chi connectivity index (χ2v) is 6.03. The van der Waals surface area contributed by atoms with E-state index in [2.05, 4.69) is 5.32 Å². The van der Waals surface area contributed by atoms with Gasteiger partial charge < -0.3 is 10.2 Å². The number of nitrogens with one attached hydrogen (secondary N) is 1. The van der Waals surface area contributed by atoms with Crippen molar-refractivity contribution in [2.45, 2.75) is 45.1 Å². The topological polar surface area (TPSA) is 49.4 Å². The maximum atomic E-state index is 12.2. The average Bonchev–Trinajstić information content (AvgIpc) is 2.50. The Bertz CT molecular complexity index is 539. The summed E-state index contributed by atoms with van der Waals surface area (Å²) in [6.07, 6.45) is 5.42. The van der Waals surface area contributed by atoms with Gasteiger partial charge in [-0.2, -0.15) is 0 Å². The SMILES string of the molecule is Cc1ccc(NC(=O)C(=O)N(C)C2CCCCC2)cc1Cl. The normalized spacial score (nSPS) is 15.6. The molecule has 1 N–H and O–H groups in total. The number of aryl methyl sites for hydroxylation is 1. The van der Waals surface area contributed by atoms with Gasteiger partial charge in [-0.15, -0.1) is 0 Å². The van der Waals surface area contributed by atoms with Crippen molar-refractivity contribution in [2.24, 2.45) is 0 Å². The molecule has 1 saturated carbocycles. The van der Waals surface area contributed by atoms with E-state index in [1.54, 1.807) is 24.1 Å². The molecule has 0 radical (unpaired) electrons. The van der Waals surface area contributed by atoms with E-state index in [0.717, 1.165) is 31.2 Å². The van der Waals surface area contributed by atoms with Crippen molar-refractivity contribution in [2.75, 3.05) is 12.4 Å². The third kappa shape index (κ3) is 3.97. The van der Waals surface area contributed by atoms with Crippen LogP contribution in [0.15, 0.2) is 18.2 Å². The molecule has 21 heavy (non-hydrogen) atoms. The number of hydrogen-bond donors (Lipinski definition) is 1. The molecule has 1 aliphatic carbocycles. The molecule has 0 heterocycles. The highest BCUT2D eigenvalue weighted by molar-refractivity contribution is 6.39.